The van der Waals surface area contributed by atoms with Gasteiger partial charge in [-0.05, 0) is 63.6 Å². The van der Waals surface area contributed by atoms with Gasteiger partial charge in [-0.3, -0.25) is 13.9 Å². The van der Waals surface area contributed by atoms with Crippen molar-refractivity contribution in [3.63, 3.8) is 0 Å². The fourth-order valence-electron chi connectivity index (χ4n) is 3.94. The van der Waals surface area contributed by atoms with Crippen LogP contribution in [0, 0.1) is 6.92 Å². The van der Waals surface area contributed by atoms with E-state index >= 15 is 0 Å². The molecule has 0 aliphatic carbocycles. The molecule has 0 heterocycles. The fraction of sp³-hybridized carbons (Fsp3) is 0.310. The number of halogens is 4. The van der Waals surface area contributed by atoms with Gasteiger partial charge >= 0.3 is 0 Å². The number of anilines is 1. The largest absolute Gasteiger partial charge is 0.352 e. The Morgan fingerprint density at radius 3 is 2.02 bits per heavy atom. The first-order valence-corrected chi connectivity index (χ1v) is 15.8. The smallest absolute Gasteiger partial charge is 0.264 e. The van der Waals surface area contributed by atoms with Crippen LogP contribution in [0.2, 0.25) is 20.1 Å². The molecule has 0 saturated heterocycles. The Morgan fingerprint density at radius 2 is 1.44 bits per heavy atom. The molecule has 2 amide bonds. The molecule has 3 rings (SSSR count). The predicted octanol–water partition coefficient (Wildman–Crippen LogP) is 7.14. The van der Waals surface area contributed by atoms with Crippen LogP contribution < -0.4 is 9.62 Å². The third-order valence-corrected chi connectivity index (χ3v) is 9.94. The second-order valence-electron chi connectivity index (χ2n) is 9.61. The van der Waals surface area contributed by atoms with Crippen molar-refractivity contribution in [2.24, 2.45) is 0 Å². The van der Waals surface area contributed by atoms with E-state index in [0.717, 1.165) is 9.87 Å². The van der Waals surface area contributed by atoms with Crippen LogP contribution >= 0.6 is 46.4 Å². The molecule has 0 aliphatic rings. The monoisotopic (exact) mass is 657 g/mol. The Bertz CT molecular complexity index is 1500. The van der Waals surface area contributed by atoms with Gasteiger partial charge in [0.05, 0.1) is 20.6 Å². The van der Waals surface area contributed by atoms with Crippen molar-refractivity contribution in [1.82, 2.24) is 10.2 Å². The van der Waals surface area contributed by atoms with Gasteiger partial charge in [-0.15, -0.1) is 0 Å². The molecule has 41 heavy (non-hydrogen) atoms. The van der Waals surface area contributed by atoms with Crippen molar-refractivity contribution in [2.45, 2.75) is 57.6 Å². The van der Waals surface area contributed by atoms with E-state index in [-0.39, 0.29) is 33.2 Å². The summed E-state index contributed by atoms with van der Waals surface area (Å²) in [4.78, 5) is 28.4. The number of hydrogen-bond acceptors (Lipinski definition) is 4. The van der Waals surface area contributed by atoms with Crippen molar-refractivity contribution in [3.8, 4) is 0 Å². The van der Waals surface area contributed by atoms with Gasteiger partial charge < -0.3 is 10.2 Å². The molecule has 3 aromatic carbocycles. The third kappa shape index (κ3) is 7.87. The third-order valence-electron chi connectivity index (χ3n) is 6.65. The minimum absolute atomic E-state index is 0.0144. The molecule has 7 nitrogen and oxygen atoms in total. The molecular formula is C29H31Cl4N3O4S. The van der Waals surface area contributed by atoms with Crippen molar-refractivity contribution in [2.75, 3.05) is 10.8 Å². The molecule has 220 valence electrons. The highest BCUT2D eigenvalue weighted by molar-refractivity contribution is 7.92. The highest BCUT2D eigenvalue weighted by atomic mass is 35.5. The van der Waals surface area contributed by atoms with Crippen LogP contribution in [0.15, 0.2) is 65.6 Å². The molecule has 0 unspecified atom stereocenters. The second-order valence-corrected chi connectivity index (χ2v) is 13.1. The molecule has 0 spiro atoms. The normalized spacial score (nSPS) is 12.9. The minimum Gasteiger partial charge on any atom is -0.352 e. The average molecular weight is 659 g/mol. The van der Waals surface area contributed by atoms with Crippen LogP contribution in [-0.4, -0.2) is 43.8 Å². The van der Waals surface area contributed by atoms with Crippen LogP contribution in [0.1, 0.15) is 38.3 Å². The average Bonchev–Trinajstić information content (AvgIpc) is 2.93. The van der Waals surface area contributed by atoms with E-state index in [1.165, 1.54) is 35.2 Å². The molecule has 2 atom stereocenters. The van der Waals surface area contributed by atoms with Crippen molar-refractivity contribution < 1.29 is 18.0 Å². The van der Waals surface area contributed by atoms with E-state index in [1.807, 2.05) is 20.8 Å². The standard InChI is InChI=1S/C29H31Cl4N3O4S/c1-5-19(3)34-29(38)20(4)35(16-22-23(30)8-6-9-24(22)31)27(37)17-36(26-11-7-10-25(32)28(26)33)41(39,40)21-14-12-18(2)13-15-21/h6-15,19-20H,5,16-17H2,1-4H3,(H,34,38)/t19-,20+/m1/s1. The van der Waals surface area contributed by atoms with Gasteiger partial charge in [0.15, 0.2) is 0 Å². The quantitative estimate of drug-likeness (QED) is 0.237. The minimum atomic E-state index is -4.31. The number of rotatable bonds is 11. The van der Waals surface area contributed by atoms with Crippen LogP contribution in [0.4, 0.5) is 5.69 Å². The summed E-state index contributed by atoms with van der Waals surface area (Å²) >= 11 is 25.5. The summed E-state index contributed by atoms with van der Waals surface area (Å²) in [6, 6.07) is 14.5. The Morgan fingerprint density at radius 1 is 0.878 bits per heavy atom. The Hall–Kier alpha value is -2.49. The molecule has 0 saturated carbocycles. The number of nitrogens with zero attached hydrogens (tertiary/aromatic N) is 2. The summed E-state index contributed by atoms with van der Waals surface area (Å²) in [5.74, 6) is -1.09. The number of benzene rings is 3. The first-order valence-electron chi connectivity index (χ1n) is 12.8. The lowest BCUT2D eigenvalue weighted by Crippen LogP contribution is -2.52. The van der Waals surface area contributed by atoms with E-state index in [2.05, 4.69) is 5.32 Å². The second kappa shape index (κ2) is 14.1. The molecule has 12 heteroatoms. The zero-order valence-corrected chi connectivity index (χ0v) is 26.8. The summed E-state index contributed by atoms with van der Waals surface area (Å²) in [7, 11) is -4.31. The molecule has 0 radical (unpaired) electrons. The molecule has 0 aromatic heterocycles. The topological polar surface area (TPSA) is 86.8 Å². The first kappa shape index (κ1) is 33.0. The summed E-state index contributed by atoms with van der Waals surface area (Å²) < 4.78 is 28.8. The predicted molar refractivity (Wildman–Crippen MR) is 167 cm³/mol. The van der Waals surface area contributed by atoms with E-state index in [9.17, 15) is 18.0 Å². The maximum Gasteiger partial charge on any atom is 0.264 e. The van der Waals surface area contributed by atoms with Gasteiger partial charge in [0, 0.05) is 28.2 Å². The van der Waals surface area contributed by atoms with Crippen LogP contribution in [-0.2, 0) is 26.2 Å². The van der Waals surface area contributed by atoms with Crippen molar-refractivity contribution >= 4 is 73.9 Å². The number of hydrogen-bond donors (Lipinski definition) is 1. The molecule has 0 fully saturated rings. The highest BCUT2D eigenvalue weighted by Crippen LogP contribution is 2.36. The zero-order valence-electron chi connectivity index (χ0n) is 23.0. The zero-order chi connectivity index (χ0) is 30.5. The Balaban J connectivity index is 2.11. The Kier molecular flexibility index (Phi) is 11.4. The number of nitrogens with one attached hydrogen (secondary N) is 1. The van der Waals surface area contributed by atoms with Crippen LogP contribution in [0.3, 0.4) is 0 Å². The van der Waals surface area contributed by atoms with Gasteiger partial charge in [-0.1, -0.05) is 83.2 Å². The maximum atomic E-state index is 14.1. The summed E-state index contributed by atoms with van der Waals surface area (Å²) in [6.07, 6.45) is 0.679. The van der Waals surface area contributed by atoms with Gasteiger partial charge in [0.2, 0.25) is 11.8 Å². The van der Waals surface area contributed by atoms with Gasteiger partial charge in [-0.25, -0.2) is 8.42 Å². The number of carbonyl (C=O) groups is 2. The van der Waals surface area contributed by atoms with Crippen LogP contribution in [0.5, 0.6) is 0 Å². The molecule has 3 aromatic rings. The lowest BCUT2D eigenvalue weighted by atomic mass is 10.1. The summed E-state index contributed by atoms with van der Waals surface area (Å²) in [5, 5.41) is 3.54. The van der Waals surface area contributed by atoms with E-state index < -0.39 is 34.4 Å². The lowest BCUT2D eigenvalue weighted by molar-refractivity contribution is -0.139. The van der Waals surface area contributed by atoms with E-state index in [0.29, 0.717) is 22.0 Å². The van der Waals surface area contributed by atoms with Gasteiger partial charge in [0.25, 0.3) is 10.0 Å². The van der Waals surface area contributed by atoms with Gasteiger partial charge in [0.1, 0.15) is 12.6 Å². The number of aryl methyl sites for hydroxylation is 1. The van der Waals surface area contributed by atoms with E-state index in [4.69, 9.17) is 46.4 Å². The lowest BCUT2D eigenvalue weighted by Gasteiger charge is -2.33. The molecular weight excluding hydrogens is 628 g/mol. The van der Waals surface area contributed by atoms with E-state index in [1.54, 1.807) is 37.3 Å². The maximum absolute atomic E-state index is 14.1. The number of carbonyl (C=O) groups excluding carboxylic acids is 2. The summed E-state index contributed by atoms with van der Waals surface area (Å²) in [6.45, 7) is 6.33. The van der Waals surface area contributed by atoms with Crippen molar-refractivity contribution in [1.29, 1.82) is 0 Å². The highest BCUT2D eigenvalue weighted by Gasteiger charge is 2.34. The summed E-state index contributed by atoms with van der Waals surface area (Å²) in [5.41, 5.74) is 1.29. The molecule has 1 N–H and O–H groups in total. The fourth-order valence-corrected chi connectivity index (χ4v) is 6.33. The SMILES string of the molecule is CC[C@@H](C)NC(=O)[C@H](C)N(Cc1c(Cl)cccc1Cl)C(=O)CN(c1cccc(Cl)c1Cl)S(=O)(=O)c1ccc(C)cc1. The number of sulfonamides is 1. The van der Waals surface area contributed by atoms with Crippen LogP contribution in [0.25, 0.3) is 0 Å². The molecule has 0 aliphatic heterocycles. The molecule has 0 bridgehead atoms. The Labute approximate surface area is 261 Å². The van der Waals surface area contributed by atoms with Gasteiger partial charge in [-0.2, -0.15) is 0 Å². The van der Waals surface area contributed by atoms with Crippen molar-refractivity contribution in [3.05, 3.63) is 91.9 Å². The first-order chi connectivity index (χ1) is 19.3. The number of amides is 2.